The molecule has 0 fully saturated rings. The minimum atomic E-state index is -0.291. The third-order valence-corrected chi connectivity index (χ3v) is 5.01. The van der Waals surface area contributed by atoms with Gasteiger partial charge in [0, 0.05) is 17.5 Å². The molecule has 4 rings (SSSR count). The van der Waals surface area contributed by atoms with Gasteiger partial charge >= 0.3 is 5.97 Å². The predicted octanol–water partition coefficient (Wildman–Crippen LogP) is 5.91. The quantitative estimate of drug-likeness (QED) is 0.410. The van der Waals surface area contributed by atoms with E-state index < -0.39 is 0 Å². The highest BCUT2D eigenvalue weighted by Gasteiger charge is 2.13. The molecule has 0 radical (unpaired) electrons. The largest absolute Gasteiger partial charge is 0.462 e. The van der Waals surface area contributed by atoms with Crippen LogP contribution in [-0.2, 0) is 11.2 Å². The molecule has 0 spiro atoms. The first kappa shape index (κ1) is 18.2. The maximum absolute atomic E-state index is 12.6. The Labute approximate surface area is 165 Å². The lowest BCUT2D eigenvalue weighted by molar-refractivity contribution is 0.0511. The Bertz CT molecular complexity index is 1140. The van der Waals surface area contributed by atoms with Crippen molar-refractivity contribution in [3.63, 3.8) is 0 Å². The highest BCUT2D eigenvalue weighted by molar-refractivity contribution is 6.04. The molecule has 0 aliphatic heterocycles. The van der Waals surface area contributed by atoms with Crippen LogP contribution in [0.25, 0.3) is 21.5 Å². The first-order valence-corrected chi connectivity index (χ1v) is 9.67. The van der Waals surface area contributed by atoms with Crippen LogP contribution in [0.4, 0.5) is 0 Å². The van der Waals surface area contributed by atoms with E-state index in [9.17, 15) is 4.79 Å². The van der Waals surface area contributed by atoms with E-state index in [1.165, 1.54) is 5.39 Å². The monoisotopic (exact) mass is 369 g/mol. The number of aromatic nitrogens is 1. The number of hydrogen-bond acceptors (Lipinski definition) is 3. The van der Waals surface area contributed by atoms with E-state index in [1.54, 1.807) is 0 Å². The van der Waals surface area contributed by atoms with E-state index in [0.29, 0.717) is 24.5 Å². The van der Waals surface area contributed by atoms with Gasteiger partial charge in [0.05, 0.1) is 17.9 Å². The molecule has 0 amide bonds. The molecule has 0 saturated heterocycles. The third kappa shape index (κ3) is 3.61. The van der Waals surface area contributed by atoms with E-state index >= 15 is 0 Å². The van der Waals surface area contributed by atoms with Crippen molar-refractivity contribution < 1.29 is 9.53 Å². The van der Waals surface area contributed by atoms with E-state index in [4.69, 9.17) is 9.72 Å². The second-order valence-corrected chi connectivity index (χ2v) is 7.28. The number of nitrogens with zero attached hydrogens (tertiary/aromatic N) is 1. The molecule has 3 heteroatoms. The Morgan fingerprint density at radius 2 is 1.57 bits per heavy atom. The summed E-state index contributed by atoms with van der Waals surface area (Å²) in [6.07, 6.45) is 0.595. The van der Waals surface area contributed by atoms with Crippen molar-refractivity contribution in [3.8, 4) is 0 Å². The summed E-state index contributed by atoms with van der Waals surface area (Å²) in [6.45, 7) is 4.59. The number of ether oxygens (including phenoxy) is 1. The maximum Gasteiger partial charge on any atom is 0.338 e. The topological polar surface area (TPSA) is 39.2 Å². The van der Waals surface area contributed by atoms with Crippen LogP contribution in [0.2, 0.25) is 0 Å². The average molecular weight is 369 g/mol. The minimum Gasteiger partial charge on any atom is -0.462 e. The smallest absolute Gasteiger partial charge is 0.338 e. The van der Waals surface area contributed by atoms with Gasteiger partial charge in [-0.15, -0.1) is 0 Å². The lowest BCUT2D eigenvalue weighted by Crippen LogP contribution is -2.10. The molecule has 1 heterocycles. The van der Waals surface area contributed by atoms with Crippen molar-refractivity contribution in [2.45, 2.75) is 26.2 Å². The van der Waals surface area contributed by atoms with E-state index in [0.717, 1.165) is 27.5 Å². The minimum absolute atomic E-state index is 0.291. The van der Waals surface area contributed by atoms with Gasteiger partial charge in [-0.25, -0.2) is 4.79 Å². The molecule has 0 bridgehead atoms. The standard InChI is InChI=1S/C25H23NO2/c1-17(2)24-16-19-9-4-6-12-21(19)23(26-24)14-15-28-25(27)22-13-7-10-18-8-3-5-11-20(18)22/h3-13,16-17H,14-15H2,1-2H3. The number of rotatable bonds is 5. The molecule has 140 valence electrons. The first-order valence-electron chi connectivity index (χ1n) is 9.67. The van der Waals surface area contributed by atoms with Crippen LogP contribution >= 0.6 is 0 Å². The van der Waals surface area contributed by atoms with Gasteiger partial charge in [-0.3, -0.25) is 4.98 Å². The molecule has 0 aliphatic carbocycles. The molecule has 3 aromatic carbocycles. The Morgan fingerprint density at radius 1 is 0.893 bits per heavy atom. The van der Waals surface area contributed by atoms with Crippen molar-refractivity contribution in [2.24, 2.45) is 0 Å². The van der Waals surface area contributed by atoms with Gasteiger partial charge in [0.1, 0.15) is 0 Å². The fourth-order valence-electron chi connectivity index (χ4n) is 3.50. The lowest BCUT2D eigenvalue weighted by Gasteiger charge is -2.12. The molecule has 28 heavy (non-hydrogen) atoms. The van der Waals surface area contributed by atoms with Crippen LogP contribution in [0.3, 0.4) is 0 Å². The normalized spacial score (nSPS) is 11.2. The molecule has 0 atom stereocenters. The zero-order valence-corrected chi connectivity index (χ0v) is 16.2. The number of hydrogen-bond donors (Lipinski definition) is 0. The van der Waals surface area contributed by atoms with Crippen molar-refractivity contribution in [2.75, 3.05) is 6.61 Å². The predicted molar refractivity (Wildman–Crippen MR) is 114 cm³/mol. The molecule has 0 unspecified atom stereocenters. The summed E-state index contributed by atoms with van der Waals surface area (Å²) in [6, 6.07) is 23.9. The molecule has 4 aromatic rings. The van der Waals surface area contributed by atoms with E-state index in [1.807, 2.05) is 54.6 Å². The molecular formula is C25H23NO2. The van der Waals surface area contributed by atoms with Gasteiger partial charge in [0.25, 0.3) is 0 Å². The second-order valence-electron chi connectivity index (χ2n) is 7.28. The number of fused-ring (bicyclic) bond motifs is 2. The second kappa shape index (κ2) is 7.81. The molecular weight excluding hydrogens is 346 g/mol. The van der Waals surface area contributed by atoms with Crippen molar-refractivity contribution in [1.82, 2.24) is 4.98 Å². The van der Waals surface area contributed by atoms with Crippen LogP contribution in [0.1, 0.15) is 41.5 Å². The van der Waals surface area contributed by atoms with Crippen LogP contribution in [0, 0.1) is 0 Å². The average Bonchev–Trinajstić information content (AvgIpc) is 2.73. The van der Waals surface area contributed by atoms with Crippen molar-refractivity contribution in [1.29, 1.82) is 0 Å². The molecule has 1 aromatic heterocycles. The Balaban J connectivity index is 1.54. The van der Waals surface area contributed by atoms with Crippen LogP contribution in [0.5, 0.6) is 0 Å². The Kier molecular flexibility index (Phi) is 5.07. The maximum atomic E-state index is 12.6. The molecule has 0 aliphatic rings. The fourth-order valence-corrected chi connectivity index (χ4v) is 3.50. The number of pyridine rings is 1. The Morgan fingerprint density at radius 3 is 2.36 bits per heavy atom. The van der Waals surface area contributed by atoms with Crippen LogP contribution in [0.15, 0.2) is 72.8 Å². The summed E-state index contributed by atoms with van der Waals surface area (Å²) < 4.78 is 5.61. The number of carbonyl (C=O) groups is 1. The summed E-state index contributed by atoms with van der Waals surface area (Å²) in [5.74, 6) is 0.0581. The molecule has 0 N–H and O–H groups in total. The molecule has 3 nitrogen and oxygen atoms in total. The highest BCUT2D eigenvalue weighted by atomic mass is 16.5. The number of esters is 1. The summed E-state index contributed by atoms with van der Waals surface area (Å²) >= 11 is 0. The van der Waals surface area contributed by atoms with Gasteiger partial charge in [0.15, 0.2) is 0 Å². The van der Waals surface area contributed by atoms with Crippen LogP contribution < -0.4 is 0 Å². The molecule has 0 saturated carbocycles. The lowest BCUT2D eigenvalue weighted by atomic mass is 10.0. The van der Waals surface area contributed by atoms with Crippen molar-refractivity contribution in [3.05, 3.63) is 89.7 Å². The van der Waals surface area contributed by atoms with Gasteiger partial charge < -0.3 is 4.74 Å². The number of benzene rings is 3. The Hall–Kier alpha value is -3.20. The summed E-state index contributed by atoms with van der Waals surface area (Å²) in [4.78, 5) is 17.5. The highest BCUT2D eigenvalue weighted by Crippen LogP contribution is 2.23. The van der Waals surface area contributed by atoms with Crippen molar-refractivity contribution >= 4 is 27.5 Å². The fraction of sp³-hybridized carbons (Fsp3) is 0.200. The number of carbonyl (C=O) groups excluding carboxylic acids is 1. The zero-order valence-electron chi connectivity index (χ0n) is 16.2. The van der Waals surface area contributed by atoms with Gasteiger partial charge in [-0.1, -0.05) is 74.5 Å². The van der Waals surface area contributed by atoms with Gasteiger partial charge in [-0.05, 0) is 34.2 Å². The first-order chi connectivity index (χ1) is 13.6. The SMILES string of the molecule is CC(C)c1cc2ccccc2c(CCOC(=O)c2cccc3ccccc23)n1. The summed E-state index contributed by atoms with van der Waals surface area (Å²) in [7, 11) is 0. The summed E-state index contributed by atoms with van der Waals surface area (Å²) in [5, 5.41) is 4.25. The van der Waals surface area contributed by atoms with E-state index in [2.05, 4.69) is 32.0 Å². The zero-order chi connectivity index (χ0) is 19.5. The third-order valence-electron chi connectivity index (χ3n) is 5.01. The van der Waals surface area contributed by atoms with E-state index in [-0.39, 0.29) is 5.97 Å². The van der Waals surface area contributed by atoms with Gasteiger partial charge in [0.2, 0.25) is 0 Å². The van der Waals surface area contributed by atoms with Crippen LogP contribution in [-0.4, -0.2) is 17.6 Å². The summed E-state index contributed by atoms with van der Waals surface area (Å²) in [5.41, 5.74) is 2.65. The van der Waals surface area contributed by atoms with Gasteiger partial charge in [-0.2, -0.15) is 0 Å².